The zero-order valence-corrected chi connectivity index (χ0v) is 14.5. The Balaban J connectivity index is 2.34. The number of aryl methyl sites for hydroxylation is 2. The Hall–Kier alpha value is -2.37. The third-order valence-electron chi connectivity index (χ3n) is 4.11. The van der Waals surface area contributed by atoms with Crippen molar-refractivity contribution in [1.29, 1.82) is 0 Å². The molecule has 0 fully saturated rings. The molecule has 0 saturated heterocycles. The van der Waals surface area contributed by atoms with Gasteiger partial charge in [0.15, 0.2) is 5.78 Å². The Morgan fingerprint density at radius 2 is 1.96 bits per heavy atom. The number of hydrogen-bond acceptors (Lipinski definition) is 3. The van der Waals surface area contributed by atoms with Gasteiger partial charge in [0.25, 0.3) is 5.91 Å². The highest BCUT2D eigenvalue weighted by Gasteiger charge is 2.26. The Labute approximate surface area is 136 Å². The Bertz CT molecular complexity index is 740. The molecule has 0 aliphatic heterocycles. The molecule has 0 aliphatic rings. The van der Waals surface area contributed by atoms with Crippen LogP contribution >= 0.6 is 0 Å². The van der Waals surface area contributed by atoms with Crippen LogP contribution in [0.1, 0.15) is 64.7 Å². The average Bonchev–Trinajstić information content (AvgIpc) is 2.99. The zero-order chi connectivity index (χ0) is 17.3. The van der Waals surface area contributed by atoms with Gasteiger partial charge in [-0.2, -0.15) is 0 Å². The van der Waals surface area contributed by atoms with Crippen LogP contribution in [0.3, 0.4) is 0 Å². The molecule has 0 spiro atoms. The number of aromatic amines is 1. The monoisotopic (exact) mass is 316 g/mol. The summed E-state index contributed by atoms with van der Waals surface area (Å²) in [7, 11) is 1.91. The fraction of sp³-hybridized carbons (Fsp3) is 0.471. The van der Waals surface area contributed by atoms with E-state index < -0.39 is 0 Å². The predicted molar refractivity (Wildman–Crippen MR) is 88.5 cm³/mol. The third-order valence-corrected chi connectivity index (χ3v) is 4.11. The molecule has 2 N–H and O–H groups in total. The number of carbonyl (C=O) groups is 2. The largest absolute Gasteiger partial charge is 0.355 e. The lowest BCUT2D eigenvalue weighted by atomic mass is 10.0. The molecule has 2 rings (SSSR count). The zero-order valence-electron chi connectivity index (χ0n) is 14.5. The minimum Gasteiger partial charge on any atom is -0.355 e. The lowest BCUT2D eigenvalue weighted by Gasteiger charge is -2.22. The summed E-state index contributed by atoms with van der Waals surface area (Å²) >= 11 is 0. The van der Waals surface area contributed by atoms with Gasteiger partial charge >= 0.3 is 0 Å². The molecule has 124 valence electrons. The van der Waals surface area contributed by atoms with Crippen molar-refractivity contribution in [2.75, 3.05) is 0 Å². The Kier molecular flexibility index (Phi) is 4.73. The number of imidazole rings is 1. The number of H-pyrrole nitrogens is 1. The van der Waals surface area contributed by atoms with Crippen molar-refractivity contribution in [3.63, 3.8) is 0 Å². The van der Waals surface area contributed by atoms with Crippen LogP contribution in [-0.4, -0.2) is 26.2 Å². The topological polar surface area (TPSA) is 79.8 Å². The normalized spacial score (nSPS) is 12.5. The molecule has 0 radical (unpaired) electrons. The van der Waals surface area contributed by atoms with Crippen molar-refractivity contribution in [3.05, 3.63) is 40.7 Å². The lowest BCUT2D eigenvalue weighted by Crippen LogP contribution is -2.34. The van der Waals surface area contributed by atoms with Gasteiger partial charge in [-0.3, -0.25) is 9.59 Å². The number of ketones is 1. The number of Topliss-reactive ketones (excluding diaryl/α,β-unsaturated/α-hetero) is 1. The van der Waals surface area contributed by atoms with E-state index in [1.807, 2.05) is 31.7 Å². The molecule has 6 nitrogen and oxygen atoms in total. The molecule has 0 aliphatic carbocycles. The van der Waals surface area contributed by atoms with Gasteiger partial charge in [-0.25, -0.2) is 4.98 Å². The maximum atomic E-state index is 12.8. The number of nitrogens with zero attached hydrogens (tertiary/aromatic N) is 2. The first-order valence-electron chi connectivity index (χ1n) is 7.72. The summed E-state index contributed by atoms with van der Waals surface area (Å²) in [5.74, 6) is 0.734. The quantitative estimate of drug-likeness (QED) is 0.832. The number of rotatable bonds is 5. The standard InChI is InChI=1S/C17H24N4O2/c1-9(2)14(16-18-7-8-21(16)6)20-17(23)13-10(3)15(12(5)22)19-11(13)4/h7-9,14,19H,1-6H3,(H,20,23)/t14-/m0/s1. The van der Waals surface area contributed by atoms with E-state index >= 15 is 0 Å². The van der Waals surface area contributed by atoms with Crippen LogP contribution < -0.4 is 5.32 Å². The highest BCUT2D eigenvalue weighted by Crippen LogP contribution is 2.23. The second-order valence-corrected chi connectivity index (χ2v) is 6.27. The van der Waals surface area contributed by atoms with Gasteiger partial charge in [0.1, 0.15) is 5.82 Å². The molecule has 2 aromatic heterocycles. The maximum Gasteiger partial charge on any atom is 0.253 e. The summed E-state index contributed by atoms with van der Waals surface area (Å²) < 4.78 is 1.91. The van der Waals surface area contributed by atoms with Gasteiger partial charge in [0, 0.05) is 32.1 Å². The minimum absolute atomic E-state index is 0.0749. The number of nitrogens with one attached hydrogen (secondary N) is 2. The van der Waals surface area contributed by atoms with E-state index in [-0.39, 0.29) is 23.7 Å². The number of hydrogen-bond donors (Lipinski definition) is 2. The summed E-state index contributed by atoms with van der Waals surface area (Å²) in [5.41, 5.74) is 2.42. The highest BCUT2D eigenvalue weighted by molar-refractivity contribution is 6.02. The van der Waals surface area contributed by atoms with Crippen molar-refractivity contribution < 1.29 is 9.59 Å². The fourth-order valence-corrected chi connectivity index (χ4v) is 2.86. The summed E-state index contributed by atoms with van der Waals surface area (Å²) in [6.45, 7) is 9.17. The van der Waals surface area contributed by atoms with Crippen LogP contribution in [0.5, 0.6) is 0 Å². The Morgan fingerprint density at radius 1 is 1.30 bits per heavy atom. The molecule has 0 bridgehead atoms. The summed E-state index contributed by atoms with van der Waals surface area (Å²) in [4.78, 5) is 31.8. The molecule has 1 amide bonds. The van der Waals surface area contributed by atoms with Gasteiger partial charge in [-0.1, -0.05) is 13.8 Å². The second-order valence-electron chi connectivity index (χ2n) is 6.27. The lowest BCUT2D eigenvalue weighted by molar-refractivity contribution is 0.0921. The van der Waals surface area contributed by atoms with Gasteiger partial charge in [0.05, 0.1) is 17.3 Å². The van der Waals surface area contributed by atoms with E-state index in [2.05, 4.69) is 15.3 Å². The molecule has 0 saturated carbocycles. The fourth-order valence-electron chi connectivity index (χ4n) is 2.86. The number of carbonyl (C=O) groups excluding carboxylic acids is 2. The van der Waals surface area contributed by atoms with Crippen LogP contribution in [0, 0.1) is 19.8 Å². The minimum atomic E-state index is -0.197. The van der Waals surface area contributed by atoms with Crippen LogP contribution in [-0.2, 0) is 7.05 Å². The van der Waals surface area contributed by atoms with E-state index in [0.29, 0.717) is 22.5 Å². The first-order valence-corrected chi connectivity index (χ1v) is 7.72. The smallest absolute Gasteiger partial charge is 0.253 e. The van der Waals surface area contributed by atoms with Crippen molar-refractivity contribution in [3.8, 4) is 0 Å². The molecular formula is C17H24N4O2. The van der Waals surface area contributed by atoms with Gasteiger partial charge in [0.2, 0.25) is 0 Å². The molecule has 23 heavy (non-hydrogen) atoms. The molecule has 2 aromatic rings. The van der Waals surface area contributed by atoms with Crippen molar-refractivity contribution in [2.45, 2.75) is 40.7 Å². The maximum absolute atomic E-state index is 12.8. The molecule has 0 aromatic carbocycles. The van der Waals surface area contributed by atoms with Gasteiger partial charge in [-0.05, 0) is 25.3 Å². The average molecular weight is 316 g/mol. The van der Waals surface area contributed by atoms with Crippen molar-refractivity contribution >= 4 is 11.7 Å². The molecule has 1 atom stereocenters. The van der Waals surface area contributed by atoms with Crippen molar-refractivity contribution in [2.24, 2.45) is 13.0 Å². The summed E-state index contributed by atoms with van der Waals surface area (Å²) in [6.07, 6.45) is 3.58. The number of amides is 1. The van der Waals surface area contributed by atoms with Crippen LogP contribution in [0.2, 0.25) is 0 Å². The first kappa shape index (κ1) is 17.0. The van der Waals surface area contributed by atoms with E-state index in [1.54, 1.807) is 20.0 Å². The summed E-state index contributed by atoms with van der Waals surface area (Å²) in [6, 6.07) is -0.197. The van der Waals surface area contributed by atoms with Gasteiger partial charge in [-0.15, -0.1) is 0 Å². The van der Waals surface area contributed by atoms with Crippen LogP contribution in [0.25, 0.3) is 0 Å². The van der Waals surface area contributed by atoms with Gasteiger partial charge < -0.3 is 14.9 Å². The molecule has 6 heteroatoms. The Morgan fingerprint density at radius 3 is 2.39 bits per heavy atom. The first-order chi connectivity index (χ1) is 10.7. The van der Waals surface area contributed by atoms with Crippen molar-refractivity contribution in [1.82, 2.24) is 19.9 Å². The third kappa shape index (κ3) is 3.21. The second kappa shape index (κ2) is 6.40. The molecule has 0 unspecified atom stereocenters. The SMILES string of the molecule is CC(=O)c1[nH]c(C)c(C(=O)N[C@H](c2nccn2C)C(C)C)c1C. The van der Waals surface area contributed by atoms with E-state index in [0.717, 1.165) is 5.82 Å². The molecule has 2 heterocycles. The number of aromatic nitrogens is 3. The van der Waals surface area contributed by atoms with Crippen LogP contribution in [0.15, 0.2) is 12.4 Å². The van der Waals surface area contributed by atoms with E-state index in [9.17, 15) is 9.59 Å². The summed E-state index contributed by atoms with van der Waals surface area (Å²) in [5, 5.41) is 3.06. The van der Waals surface area contributed by atoms with Crippen LogP contribution in [0.4, 0.5) is 0 Å². The molecular weight excluding hydrogens is 292 g/mol. The highest BCUT2D eigenvalue weighted by atomic mass is 16.2. The van der Waals surface area contributed by atoms with E-state index in [4.69, 9.17) is 0 Å². The van der Waals surface area contributed by atoms with E-state index in [1.165, 1.54) is 6.92 Å². The predicted octanol–water partition coefficient (Wildman–Crippen LogP) is 2.69.